The van der Waals surface area contributed by atoms with Gasteiger partial charge in [0.05, 0.1) is 0 Å². The molecule has 1 aliphatic rings. The molecule has 1 aromatic carbocycles. The van der Waals surface area contributed by atoms with Gasteiger partial charge in [-0.1, -0.05) is 12.1 Å². The number of nitrogens with two attached hydrogens (primary N) is 1. The number of thiophene rings is 1. The second kappa shape index (κ2) is 5.98. The summed E-state index contributed by atoms with van der Waals surface area (Å²) in [5.41, 5.74) is 10.4. The lowest BCUT2D eigenvalue weighted by Crippen LogP contribution is -2.47. The van der Waals surface area contributed by atoms with Crippen LogP contribution in [0.4, 0.5) is 5.69 Å². The highest BCUT2D eigenvalue weighted by Crippen LogP contribution is 2.26. The predicted molar refractivity (Wildman–Crippen MR) is 87.5 cm³/mol. The second-order valence-corrected chi connectivity index (χ2v) is 6.72. The number of nitrogens with zero attached hydrogens (tertiary/aromatic N) is 1. The Hall–Kier alpha value is -1.32. The fourth-order valence-electron chi connectivity index (χ4n) is 3.17. The first-order valence-electron chi connectivity index (χ1n) is 7.29. The van der Waals surface area contributed by atoms with Crippen molar-refractivity contribution in [1.29, 1.82) is 0 Å². The zero-order valence-electron chi connectivity index (χ0n) is 12.0. The van der Waals surface area contributed by atoms with Gasteiger partial charge in [-0.3, -0.25) is 0 Å². The molecule has 0 spiro atoms. The zero-order chi connectivity index (χ0) is 13.9. The fourth-order valence-corrected chi connectivity index (χ4v) is 3.85. The summed E-state index contributed by atoms with van der Waals surface area (Å²) in [6.07, 6.45) is 2.29. The van der Waals surface area contributed by atoms with Crippen LogP contribution in [0.5, 0.6) is 0 Å². The average molecular weight is 286 g/mol. The van der Waals surface area contributed by atoms with Crippen molar-refractivity contribution in [2.75, 3.05) is 18.0 Å². The van der Waals surface area contributed by atoms with Crippen molar-refractivity contribution in [2.24, 2.45) is 11.7 Å². The molecular formula is C17H22N2S. The van der Waals surface area contributed by atoms with E-state index in [0.29, 0.717) is 5.92 Å². The maximum Gasteiger partial charge on any atom is 0.0369 e. The first kappa shape index (κ1) is 13.7. The van der Waals surface area contributed by atoms with Crippen LogP contribution in [0.1, 0.15) is 17.5 Å². The van der Waals surface area contributed by atoms with Crippen molar-refractivity contribution in [3.8, 4) is 0 Å². The third-order valence-electron chi connectivity index (χ3n) is 4.04. The van der Waals surface area contributed by atoms with E-state index in [4.69, 9.17) is 5.73 Å². The number of aryl methyl sites for hydroxylation is 1. The predicted octanol–water partition coefficient (Wildman–Crippen LogP) is 3.45. The molecule has 0 aliphatic carbocycles. The van der Waals surface area contributed by atoms with Gasteiger partial charge in [-0.05, 0) is 65.8 Å². The molecule has 0 amide bonds. The fraction of sp³-hybridized carbons (Fsp3) is 0.412. The molecule has 0 bridgehead atoms. The molecule has 1 fully saturated rings. The molecule has 3 heteroatoms. The van der Waals surface area contributed by atoms with Crippen LogP contribution in [0.2, 0.25) is 0 Å². The van der Waals surface area contributed by atoms with Crippen molar-refractivity contribution in [1.82, 2.24) is 0 Å². The number of hydrogen-bond donors (Lipinski definition) is 1. The van der Waals surface area contributed by atoms with E-state index in [2.05, 4.69) is 52.9 Å². The summed E-state index contributed by atoms with van der Waals surface area (Å²) in [6, 6.07) is 11.3. The van der Waals surface area contributed by atoms with E-state index in [-0.39, 0.29) is 6.04 Å². The number of hydrogen-bond acceptors (Lipinski definition) is 3. The molecule has 2 N–H and O–H groups in total. The summed E-state index contributed by atoms with van der Waals surface area (Å²) in [7, 11) is 0. The van der Waals surface area contributed by atoms with E-state index in [1.807, 2.05) is 0 Å². The molecule has 2 nitrogen and oxygen atoms in total. The summed E-state index contributed by atoms with van der Waals surface area (Å²) in [5.74, 6) is 0.661. The van der Waals surface area contributed by atoms with Gasteiger partial charge < -0.3 is 10.6 Å². The third kappa shape index (κ3) is 3.22. The van der Waals surface area contributed by atoms with Crippen molar-refractivity contribution >= 4 is 17.0 Å². The lowest BCUT2D eigenvalue weighted by Gasteiger charge is -2.38. The normalized spacial score (nSPS) is 23.0. The maximum absolute atomic E-state index is 6.28. The van der Waals surface area contributed by atoms with Gasteiger partial charge in [-0.25, -0.2) is 0 Å². The Balaban J connectivity index is 1.72. The quantitative estimate of drug-likeness (QED) is 0.936. The van der Waals surface area contributed by atoms with Crippen LogP contribution in [0.25, 0.3) is 0 Å². The molecule has 0 radical (unpaired) electrons. The van der Waals surface area contributed by atoms with E-state index >= 15 is 0 Å². The van der Waals surface area contributed by atoms with Gasteiger partial charge in [0.2, 0.25) is 0 Å². The van der Waals surface area contributed by atoms with E-state index in [1.165, 1.54) is 16.8 Å². The Morgan fingerprint density at radius 3 is 2.95 bits per heavy atom. The van der Waals surface area contributed by atoms with Crippen LogP contribution in [0.3, 0.4) is 0 Å². The zero-order valence-corrected chi connectivity index (χ0v) is 12.8. The van der Waals surface area contributed by atoms with Crippen LogP contribution in [-0.4, -0.2) is 19.1 Å². The van der Waals surface area contributed by atoms with E-state index in [0.717, 1.165) is 25.9 Å². The molecular weight excluding hydrogens is 264 g/mol. The highest BCUT2D eigenvalue weighted by molar-refractivity contribution is 7.07. The number of anilines is 1. The van der Waals surface area contributed by atoms with Crippen LogP contribution in [0.15, 0.2) is 41.1 Å². The highest BCUT2D eigenvalue weighted by atomic mass is 32.1. The van der Waals surface area contributed by atoms with Crippen molar-refractivity contribution in [3.05, 3.63) is 52.2 Å². The minimum Gasteiger partial charge on any atom is -0.370 e. The number of rotatable bonds is 3. The maximum atomic E-state index is 6.28. The minimum absolute atomic E-state index is 0.285. The van der Waals surface area contributed by atoms with Crippen LogP contribution in [-0.2, 0) is 6.42 Å². The monoisotopic (exact) mass is 286 g/mol. The van der Waals surface area contributed by atoms with Gasteiger partial charge in [0, 0.05) is 24.8 Å². The highest BCUT2D eigenvalue weighted by Gasteiger charge is 2.25. The van der Waals surface area contributed by atoms with Gasteiger partial charge >= 0.3 is 0 Å². The van der Waals surface area contributed by atoms with Gasteiger partial charge in [-0.2, -0.15) is 11.3 Å². The summed E-state index contributed by atoms with van der Waals surface area (Å²) in [5, 5.41) is 4.42. The lowest BCUT2D eigenvalue weighted by molar-refractivity contribution is 0.375. The van der Waals surface area contributed by atoms with E-state index < -0.39 is 0 Å². The van der Waals surface area contributed by atoms with Crippen LogP contribution < -0.4 is 10.6 Å². The van der Waals surface area contributed by atoms with Crippen molar-refractivity contribution < 1.29 is 0 Å². The average Bonchev–Trinajstić information content (AvgIpc) is 2.91. The Labute approximate surface area is 125 Å². The van der Waals surface area contributed by atoms with Gasteiger partial charge in [0.25, 0.3) is 0 Å². The molecule has 20 heavy (non-hydrogen) atoms. The number of piperidine rings is 1. The van der Waals surface area contributed by atoms with Crippen molar-refractivity contribution in [2.45, 2.75) is 25.8 Å². The molecule has 2 unspecified atom stereocenters. The number of benzene rings is 1. The SMILES string of the molecule is Cc1cccc(N2CC(N)CC(Cc3ccsc3)C2)c1. The summed E-state index contributed by atoms with van der Waals surface area (Å²) >= 11 is 1.78. The van der Waals surface area contributed by atoms with Gasteiger partial charge in [-0.15, -0.1) is 0 Å². The minimum atomic E-state index is 0.285. The van der Waals surface area contributed by atoms with Crippen LogP contribution in [0, 0.1) is 12.8 Å². The second-order valence-electron chi connectivity index (χ2n) is 5.94. The molecule has 2 aromatic rings. The Morgan fingerprint density at radius 1 is 1.30 bits per heavy atom. The Bertz CT molecular complexity index is 550. The Kier molecular flexibility index (Phi) is 4.08. The van der Waals surface area contributed by atoms with Gasteiger partial charge in [0.15, 0.2) is 0 Å². The molecule has 1 aromatic heterocycles. The topological polar surface area (TPSA) is 29.3 Å². The third-order valence-corrected chi connectivity index (χ3v) is 4.77. The standard InChI is InChI=1S/C17H22N2S/c1-13-3-2-4-17(7-13)19-10-15(9-16(18)11-19)8-14-5-6-20-12-14/h2-7,12,15-16H,8-11,18H2,1H3. The van der Waals surface area contributed by atoms with Gasteiger partial charge in [0.1, 0.15) is 0 Å². The lowest BCUT2D eigenvalue weighted by atomic mass is 9.89. The smallest absolute Gasteiger partial charge is 0.0369 e. The summed E-state index contributed by atoms with van der Waals surface area (Å²) < 4.78 is 0. The van der Waals surface area contributed by atoms with E-state index in [1.54, 1.807) is 11.3 Å². The van der Waals surface area contributed by atoms with Crippen molar-refractivity contribution in [3.63, 3.8) is 0 Å². The largest absolute Gasteiger partial charge is 0.370 e. The molecule has 2 heterocycles. The molecule has 1 aliphatic heterocycles. The molecule has 106 valence electrons. The Morgan fingerprint density at radius 2 is 2.20 bits per heavy atom. The molecule has 3 rings (SSSR count). The summed E-state index contributed by atoms with van der Waals surface area (Å²) in [6.45, 7) is 4.24. The molecule has 0 saturated carbocycles. The summed E-state index contributed by atoms with van der Waals surface area (Å²) in [4.78, 5) is 2.46. The molecule has 1 saturated heterocycles. The van der Waals surface area contributed by atoms with Crippen LogP contribution >= 0.6 is 11.3 Å². The van der Waals surface area contributed by atoms with E-state index in [9.17, 15) is 0 Å². The first-order chi connectivity index (χ1) is 9.70. The first-order valence-corrected chi connectivity index (χ1v) is 8.23. The molecule has 2 atom stereocenters.